The molecule has 2 heterocycles. The maximum atomic E-state index is 13.0. The number of anilines is 1. The SMILES string of the molecule is Cl.O=C(Nc1ccc2[nH]ccc2c1)c1ccc(-c2ccccc2)c(CN2CCCCC2)c1. The van der Waals surface area contributed by atoms with Gasteiger partial charge in [0.05, 0.1) is 0 Å². The van der Waals surface area contributed by atoms with E-state index in [1.165, 1.54) is 36.0 Å². The van der Waals surface area contributed by atoms with Gasteiger partial charge in [0.1, 0.15) is 0 Å². The summed E-state index contributed by atoms with van der Waals surface area (Å²) in [7, 11) is 0. The third kappa shape index (κ3) is 4.87. The van der Waals surface area contributed by atoms with Gasteiger partial charge in [0.15, 0.2) is 0 Å². The molecule has 1 saturated heterocycles. The van der Waals surface area contributed by atoms with Gasteiger partial charge in [-0.3, -0.25) is 9.69 Å². The monoisotopic (exact) mass is 445 g/mol. The third-order valence-corrected chi connectivity index (χ3v) is 6.11. The lowest BCUT2D eigenvalue weighted by Crippen LogP contribution is -2.29. The number of carbonyl (C=O) groups is 1. The van der Waals surface area contributed by atoms with Crippen LogP contribution in [0.4, 0.5) is 5.69 Å². The summed E-state index contributed by atoms with van der Waals surface area (Å²) in [6.45, 7) is 3.13. The van der Waals surface area contributed by atoms with Gasteiger partial charge in [0.2, 0.25) is 0 Å². The van der Waals surface area contributed by atoms with E-state index in [0.717, 1.165) is 36.2 Å². The predicted octanol–water partition coefficient (Wildman–Crippen LogP) is 6.49. The highest BCUT2D eigenvalue weighted by atomic mass is 35.5. The first-order valence-corrected chi connectivity index (χ1v) is 11.1. The molecule has 1 fully saturated rings. The third-order valence-electron chi connectivity index (χ3n) is 6.11. The smallest absolute Gasteiger partial charge is 0.255 e. The van der Waals surface area contributed by atoms with Crippen LogP contribution in [0.5, 0.6) is 0 Å². The van der Waals surface area contributed by atoms with Crippen LogP contribution in [0.15, 0.2) is 79.0 Å². The van der Waals surface area contributed by atoms with Crippen molar-refractivity contribution in [2.24, 2.45) is 0 Å². The summed E-state index contributed by atoms with van der Waals surface area (Å²) in [4.78, 5) is 18.7. The zero-order valence-electron chi connectivity index (χ0n) is 18.0. The number of H-pyrrole nitrogens is 1. The molecule has 2 N–H and O–H groups in total. The second-order valence-corrected chi connectivity index (χ2v) is 8.31. The second-order valence-electron chi connectivity index (χ2n) is 8.31. The van der Waals surface area contributed by atoms with Gasteiger partial charge in [0, 0.05) is 34.9 Å². The molecule has 0 saturated carbocycles. The predicted molar refractivity (Wildman–Crippen MR) is 135 cm³/mol. The zero-order valence-corrected chi connectivity index (χ0v) is 18.8. The minimum absolute atomic E-state index is 0. The first kappa shape index (κ1) is 22.1. The summed E-state index contributed by atoms with van der Waals surface area (Å²) in [5.41, 5.74) is 6.18. The fraction of sp³-hybridized carbons (Fsp3) is 0.222. The van der Waals surface area contributed by atoms with E-state index >= 15 is 0 Å². The average molecular weight is 446 g/mol. The van der Waals surface area contributed by atoms with Crippen LogP contribution >= 0.6 is 12.4 Å². The number of benzene rings is 3. The lowest BCUT2D eigenvalue weighted by molar-refractivity contribution is 0.102. The van der Waals surface area contributed by atoms with Gasteiger partial charge in [-0.25, -0.2) is 0 Å². The maximum Gasteiger partial charge on any atom is 0.255 e. The van der Waals surface area contributed by atoms with Gasteiger partial charge >= 0.3 is 0 Å². The van der Waals surface area contributed by atoms with Crippen molar-refractivity contribution in [2.75, 3.05) is 18.4 Å². The number of piperidine rings is 1. The van der Waals surface area contributed by atoms with Crippen LogP contribution in [0.1, 0.15) is 35.2 Å². The number of nitrogens with one attached hydrogen (secondary N) is 2. The molecule has 0 aliphatic carbocycles. The van der Waals surface area contributed by atoms with Crippen molar-refractivity contribution in [1.29, 1.82) is 0 Å². The Bertz CT molecular complexity index is 1200. The lowest BCUT2D eigenvalue weighted by atomic mass is 9.96. The molecule has 1 aliphatic heterocycles. The number of hydrogen-bond donors (Lipinski definition) is 2. The summed E-state index contributed by atoms with van der Waals surface area (Å²) >= 11 is 0. The Hall–Kier alpha value is -3.08. The molecule has 0 unspecified atom stereocenters. The molecule has 1 amide bonds. The summed E-state index contributed by atoms with van der Waals surface area (Å²) in [5, 5.41) is 4.15. The maximum absolute atomic E-state index is 13.0. The molecule has 4 nitrogen and oxygen atoms in total. The van der Waals surface area contributed by atoms with Gasteiger partial charge in [-0.2, -0.15) is 0 Å². The van der Waals surface area contributed by atoms with Gasteiger partial charge in [-0.1, -0.05) is 42.8 Å². The fourth-order valence-electron chi connectivity index (χ4n) is 4.46. The number of carbonyl (C=O) groups excluding carboxylic acids is 1. The Labute approximate surface area is 195 Å². The van der Waals surface area contributed by atoms with Crippen LogP contribution in [-0.4, -0.2) is 28.9 Å². The number of rotatable bonds is 5. The highest BCUT2D eigenvalue weighted by Gasteiger charge is 2.16. The van der Waals surface area contributed by atoms with E-state index in [2.05, 4.69) is 51.6 Å². The molecule has 164 valence electrons. The quantitative estimate of drug-likeness (QED) is 0.368. The minimum Gasteiger partial charge on any atom is -0.361 e. The topological polar surface area (TPSA) is 48.1 Å². The Morgan fingerprint density at radius 2 is 1.72 bits per heavy atom. The number of aromatic nitrogens is 1. The Morgan fingerprint density at radius 1 is 0.906 bits per heavy atom. The van der Waals surface area contributed by atoms with E-state index in [4.69, 9.17) is 0 Å². The zero-order chi connectivity index (χ0) is 21.0. The highest BCUT2D eigenvalue weighted by Crippen LogP contribution is 2.27. The molecule has 0 radical (unpaired) electrons. The Morgan fingerprint density at radius 3 is 2.53 bits per heavy atom. The number of likely N-dealkylation sites (tertiary alicyclic amines) is 1. The number of fused-ring (bicyclic) bond motifs is 1. The van der Waals surface area contributed by atoms with E-state index in [-0.39, 0.29) is 18.3 Å². The minimum atomic E-state index is -0.0746. The van der Waals surface area contributed by atoms with E-state index in [1.54, 1.807) is 0 Å². The van der Waals surface area contributed by atoms with Crippen LogP contribution in [0.2, 0.25) is 0 Å². The molecule has 4 aromatic rings. The molecule has 0 atom stereocenters. The van der Waals surface area contributed by atoms with Crippen molar-refractivity contribution in [3.05, 3.63) is 90.1 Å². The Kier molecular flexibility index (Phi) is 6.93. The number of nitrogens with zero attached hydrogens (tertiary/aromatic N) is 1. The highest BCUT2D eigenvalue weighted by molar-refractivity contribution is 6.05. The van der Waals surface area contributed by atoms with E-state index in [0.29, 0.717) is 5.56 Å². The van der Waals surface area contributed by atoms with Crippen molar-refractivity contribution >= 4 is 34.9 Å². The van der Waals surface area contributed by atoms with Gasteiger partial charge < -0.3 is 10.3 Å². The number of hydrogen-bond acceptors (Lipinski definition) is 2. The van der Waals surface area contributed by atoms with Crippen LogP contribution in [0.25, 0.3) is 22.0 Å². The molecule has 5 rings (SSSR count). The Balaban J connectivity index is 0.00000245. The number of amides is 1. The summed E-state index contributed by atoms with van der Waals surface area (Å²) < 4.78 is 0. The van der Waals surface area contributed by atoms with Crippen molar-refractivity contribution in [2.45, 2.75) is 25.8 Å². The molecule has 3 aromatic carbocycles. The molecular formula is C27H28ClN3O. The molecule has 5 heteroatoms. The van der Waals surface area contributed by atoms with Crippen LogP contribution in [-0.2, 0) is 6.54 Å². The van der Waals surface area contributed by atoms with E-state index in [9.17, 15) is 4.79 Å². The largest absolute Gasteiger partial charge is 0.361 e. The molecule has 1 aliphatic rings. The molecule has 0 bridgehead atoms. The van der Waals surface area contributed by atoms with Gasteiger partial charge in [-0.15, -0.1) is 12.4 Å². The van der Waals surface area contributed by atoms with Crippen molar-refractivity contribution in [3.63, 3.8) is 0 Å². The van der Waals surface area contributed by atoms with E-state index < -0.39 is 0 Å². The number of aromatic amines is 1. The van der Waals surface area contributed by atoms with Gasteiger partial charge in [0.25, 0.3) is 5.91 Å². The fourth-order valence-corrected chi connectivity index (χ4v) is 4.46. The average Bonchev–Trinajstić information content (AvgIpc) is 3.28. The molecular weight excluding hydrogens is 418 g/mol. The van der Waals surface area contributed by atoms with E-state index in [1.807, 2.05) is 42.6 Å². The van der Waals surface area contributed by atoms with Crippen molar-refractivity contribution < 1.29 is 4.79 Å². The normalized spacial score (nSPS) is 14.1. The van der Waals surface area contributed by atoms with Crippen molar-refractivity contribution in [1.82, 2.24) is 9.88 Å². The standard InChI is InChI=1S/C27H27N3O.ClH/c31-27(29-24-10-12-26-21(18-24)13-14-28-26)22-9-11-25(20-7-3-1-4-8-20)23(17-22)19-30-15-5-2-6-16-30;/h1,3-4,7-14,17-18,28H,2,5-6,15-16,19H2,(H,29,31);1H. The second kappa shape index (κ2) is 10.0. The van der Waals surface area contributed by atoms with Gasteiger partial charge in [-0.05, 0) is 79.0 Å². The summed E-state index contributed by atoms with van der Waals surface area (Å²) in [6.07, 6.45) is 5.73. The number of halogens is 1. The first-order chi connectivity index (χ1) is 15.3. The molecule has 1 aromatic heterocycles. The van der Waals surface area contributed by atoms with Crippen molar-refractivity contribution in [3.8, 4) is 11.1 Å². The molecule has 32 heavy (non-hydrogen) atoms. The van der Waals surface area contributed by atoms with Crippen LogP contribution < -0.4 is 5.32 Å². The first-order valence-electron chi connectivity index (χ1n) is 11.1. The summed E-state index contributed by atoms with van der Waals surface area (Å²) in [6, 6.07) is 24.5. The summed E-state index contributed by atoms with van der Waals surface area (Å²) in [5.74, 6) is -0.0746. The van der Waals surface area contributed by atoms with Crippen LogP contribution in [0.3, 0.4) is 0 Å². The molecule has 0 spiro atoms. The lowest BCUT2D eigenvalue weighted by Gasteiger charge is -2.27. The van der Waals surface area contributed by atoms with Crippen LogP contribution in [0, 0.1) is 0 Å².